The Bertz CT molecular complexity index is 510. The van der Waals surface area contributed by atoms with Crippen molar-refractivity contribution in [2.24, 2.45) is 5.92 Å². The lowest BCUT2D eigenvalue weighted by Gasteiger charge is -2.20. The maximum absolute atomic E-state index is 11.8. The van der Waals surface area contributed by atoms with Crippen LogP contribution in [-0.2, 0) is 4.79 Å². The van der Waals surface area contributed by atoms with Crippen molar-refractivity contribution in [1.29, 1.82) is 0 Å². The molecule has 0 saturated heterocycles. The zero-order valence-electron chi connectivity index (χ0n) is 11.1. The summed E-state index contributed by atoms with van der Waals surface area (Å²) >= 11 is 8.11. The van der Waals surface area contributed by atoms with E-state index in [0.29, 0.717) is 17.1 Å². The first-order chi connectivity index (χ1) is 9.35. The quantitative estimate of drug-likeness (QED) is 0.650. The number of halogens is 2. The highest BCUT2D eigenvalue weighted by Crippen LogP contribution is 2.23. The first kappa shape index (κ1) is 17.0. The van der Waals surface area contributed by atoms with Gasteiger partial charge < -0.3 is 15.7 Å². The molecule has 0 aromatic heterocycles. The molecule has 0 aliphatic heterocycles. The minimum atomic E-state index is -1.05. The lowest BCUT2D eigenvalue weighted by molar-refractivity contribution is -0.140. The molecule has 0 saturated carbocycles. The minimum absolute atomic E-state index is 0.162. The molecule has 0 heterocycles. The number of carbonyl (C=O) groups is 2. The number of carboxylic acid groups (broad SMARTS) is 1. The fourth-order valence-electron chi connectivity index (χ4n) is 1.57. The van der Waals surface area contributed by atoms with Crippen LogP contribution in [0, 0.1) is 9.49 Å². The van der Waals surface area contributed by atoms with Crippen LogP contribution in [0.25, 0.3) is 0 Å². The normalized spacial score (nSPS) is 13.4. The number of nitrogens with one attached hydrogen (secondary N) is 2. The minimum Gasteiger partial charge on any atom is -0.480 e. The lowest BCUT2D eigenvalue weighted by Crippen LogP contribution is -2.46. The predicted octanol–water partition coefficient (Wildman–Crippen LogP) is 3.57. The molecule has 1 aromatic carbocycles. The zero-order chi connectivity index (χ0) is 15.3. The molecule has 0 bridgehead atoms. The first-order valence-electron chi connectivity index (χ1n) is 6.10. The van der Waals surface area contributed by atoms with Gasteiger partial charge in [0.15, 0.2) is 0 Å². The molecule has 0 unspecified atom stereocenters. The lowest BCUT2D eigenvalue weighted by atomic mass is 9.99. The number of benzene rings is 1. The number of hydrogen-bond donors (Lipinski definition) is 3. The molecular weight excluding hydrogens is 395 g/mol. The van der Waals surface area contributed by atoms with Gasteiger partial charge in [0, 0.05) is 3.57 Å². The number of urea groups is 1. The van der Waals surface area contributed by atoms with Gasteiger partial charge in [-0.3, -0.25) is 0 Å². The van der Waals surface area contributed by atoms with Gasteiger partial charge in [-0.2, -0.15) is 0 Å². The highest BCUT2D eigenvalue weighted by molar-refractivity contribution is 14.1. The zero-order valence-corrected chi connectivity index (χ0v) is 14.0. The fourth-order valence-corrected chi connectivity index (χ4v) is 2.48. The van der Waals surface area contributed by atoms with Crippen LogP contribution >= 0.6 is 34.2 Å². The Morgan fingerprint density at radius 1 is 1.45 bits per heavy atom. The van der Waals surface area contributed by atoms with Crippen molar-refractivity contribution in [1.82, 2.24) is 5.32 Å². The third kappa shape index (κ3) is 4.82. The SMILES string of the molecule is CC[C@H](C)[C@H](NC(=O)Nc1ccc(I)cc1Cl)C(=O)O. The first-order valence-corrected chi connectivity index (χ1v) is 7.56. The van der Waals surface area contributed by atoms with Crippen molar-refractivity contribution in [3.63, 3.8) is 0 Å². The molecule has 0 radical (unpaired) electrons. The van der Waals surface area contributed by atoms with Crippen LogP contribution in [0.4, 0.5) is 10.5 Å². The van der Waals surface area contributed by atoms with E-state index in [4.69, 9.17) is 16.7 Å². The van der Waals surface area contributed by atoms with Crippen LogP contribution in [0.15, 0.2) is 18.2 Å². The summed E-state index contributed by atoms with van der Waals surface area (Å²) in [4.78, 5) is 23.0. The molecule has 0 spiro atoms. The molecule has 0 aliphatic rings. The third-order valence-electron chi connectivity index (χ3n) is 2.94. The second kappa shape index (κ2) is 7.68. The van der Waals surface area contributed by atoms with Gasteiger partial charge in [0.05, 0.1) is 10.7 Å². The summed E-state index contributed by atoms with van der Waals surface area (Å²) in [6.07, 6.45) is 0.654. The van der Waals surface area contributed by atoms with Crippen molar-refractivity contribution in [2.75, 3.05) is 5.32 Å². The number of hydrogen-bond acceptors (Lipinski definition) is 2. The Morgan fingerprint density at radius 3 is 2.60 bits per heavy atom. The van der Waals surface area contributed by atoms with Gasteiger partial charge in [0.2, 0.25) is 0 Å². The summed E-state index contributed by atoms with van der Waals surface area (Å²) in [6.45, 7) is 3.65. The van der Waals surface area contributed by atoms with E-state index in [1.165, 1.54) is 0 Å². The topological polar surface area (TPSA) is 78.4 Å². The Labute approximate surface area is 136 Å². The average Bonchev–Trinajstić information content (AvgIpc) is 2.38. The maximum atomic E-state index is 11.8. The van der Waals surface area contributed by atoms with E-state index in [1.807, 2.05) is 6.92 Å². The molecule has 7 heteroatoms. The van der Waals surface area contributed by atoms with Gasteiger partial charge in [0.25, 0.3) is 0 Å². The summed E-state index contributed by atoms with van der Waals surface area (Å²) in [6, 6.07) is 3.67. The number of rotatable bonds is 5. The molecule has 2 atom stereocenters. The van der Waals surface area contributed by atoms with Crippen LogP contribution in [0.5, 0.6) is 0 Å². The highest BCUT2D eigenvalue weighted by atomic mass is 127. The van der Waals surface area contributed by atoms with Gasteiger partial charge in [-0.05, 0) is 46.7 Å². The van der Waals surface area contributed by atoms with Gasteiger partial charge in [-0.1, -0.05) is 31.9 Å². The van der Waals surface area contributed by atoms with E-state index in [9.17, 15) is 9.59 Å². The molecule has 1 rings (SSSR count). The van der Waals surface area contributed by atoms with E-state index in [0.717, 1.165) is 3.57 Å². The number of anilines is 1. The van der Waals surface area contributed by atoms with Gasteiger partial charge >= 0.3 is 12.0 Å². The van der Waals surface area contributed by atoms with E-state index >= 15 is 0 Å². The molecule has 2 amide bonds. The summed E-state index contributed by atoms with van der Waals surface area (Å²) in [7, 11) is 0. The third-order valence-corrected chi connectivity index (χ3v) is 3.93. The van der Waals surface area contributed by atoms with Gasteiger partial charge in [0.1, 0.15) is 6.04 Å². The standard InChI is InChI=1S/C13H16ClIN2O3/c1-3-7(2)11(12(18)19)17-13(20)16-10-5-4-8(15)6-9(10)14/h4-7,11H,3H2,1-2H3,(H,18,19)(H2,16,17,20)/t7-,11-/m0/s1. The smallest absolute Gasteiger partial charge is 0.326 e. The Morgan fingerprint density at radius 2 is 2.10 bits per heavy atom. The van der Waals surface area contributed by atoms with Crippen molar-refractivity contribution >= 4 is 51.9 Å². The number of carboxylic acids is 1. The molecule has 5 nitrogen and oxygen atoms in total. The fraction of sp³-hybridized carbons (Fsp3) is 0.385. The highest BCUT2D eigenvalue weighted by Gasteiger charge is 2.25. The van der Waals surface area contributed by atoms with Crippen LogP contribution in [0.1, 0.15) is 20.3 Å². The second-order valence-electron chi connectivity index (χ2n) is 4.42. The summed E-state index contributed by atoms with van der Waals surface area (Å²) in [5, 5.41) is 14.5. The molecule has 3 N–H and O–H groups in total. The Hall–Kier alpha value is -1.02. The van der Waals surface area contributed by atoms with Crippen molar-refractivity contribution in [2.45, 2.75) is 26.3 Å². The summed E-state index contributed by atoms with van der Waals surface area (Å²) in [5.74, 6) is -1.21. The van der Waals surface area contributed by atoms with Crippen molar-refractivity contribution < 1.29 is 14.7 Å². The van der Waals surface area contributed by atoms with E-state index in [-0.39, 0.29) is 5.92 Å². The van der Waals surface area contributed by atoms with E-state index in [1.54, 1.807) is 25.1 Å². The summed E-state index contributed by atoms with van der Waals surface area (Å²) in [5.41, 5.74) is 0.442. The molecule has 110 valence electrons. The van der Waals surface area contributed by atoms with Crippen LogP contribution in [0.3, 0.4) is 0 Å². The maximum Gasteiger partial charge on any atom is 0.326 e. The average molecular weight is 411 g/mol. The van der Waals surface area contributed by atoms with Gasteiger partial charge in [-0.15, -0.1) is 0 Å². The number of amides is 2. The molecular formula is C13H16ClIN2O3. The van der Waals surface area contributed by atoms with Crippen LogP contribution < -0.4 is 10.6 Å². The van der Waals surface area contributed by atoms with Crippen LogP contribution in [-0.4, -0.2) is 23.1 Å². The second-order valence-corrected chi connectivity index (χ2v) is 6.08. The Kier molecular flexibility index (Phi) is 6.54. The monoisotopic (exact) mass is 410 g/mol. The number of aliphatic carboxylic acids is 1. The molecule has 0 fully saturated rings. The largest absolute Gasteiger partial charge is 0.480 e. The number of carbonyl (C=O) groups excluding carboxylic acids is 1. The predicted molar refractivity (Wildman–Crippen MR) is 87.2 cm³/mol. The molecule has 0 aliphatic carbocycles. The molecule has 20 heavy (non-hydrogen) atoms. The van der Waals surface area contributed by atoms with Gasteiger partial charge in [-0.25, -0.2) is 9.59 Å². The van der Waals surface area contributed by atoms with E-state index < -0.39 is 18.0 Å². The van der Waals surface area contributed by atoms with Crippen LogP contribution in [0.2, 0.25) is 5.02 Å². The summed E-state index contributed by atoms with van der Waals surface area (Å²) < 4.78 is 0.946. The molecule has 1 aromatic rings. The Balaban J connectivity index is 2.73. The van der Waals surface area contributed by atoms with Crippen molar-refractivity contribution in [3.8, 4) is 0 Å². The van der Waals surface area contributed by atoms with E-state index in [2.05, 4.69) is 33.2 Å². The van der Waals surface area contributed by atoms with Crippen molar-refractivity contribution in [3.05, 3.63) is 26.8 Å².